The molecule has 0 amide bonds. The summed E-state index contributed by atoms with van der Waals surface area (Å²) in [5.41, 5.74) is 2.14. The Kier molecular flexibility index (Phi) is 5.56. The van der Waals surface area contributed by atoms with E-state index in [1.807, 2.05) is 25.1 Å². The molecule has 2 N–H and O–H groups in total. The fraction of sp³-hybridized carbons (Fsp3) is 0.240. The van der Waals surface area contributed by atoms with Gasteiger partial charge in [-0.15, -0.1) is 0 Å². The predicted octanol–water partition coefficient (Wildman–Crippen LogP) is 4.33. The first-order valence-corrected chi connectivity index (χ1v) is 10.9. The van der Waals surface area contributed by atoms with E-state index in [2.05, 4.69) is 80.9 Å². The van der Waals surface area contributed by atoms with Crippen molar-refractivity contribution in [3.8, 4) is 0 Å². The fourth-order valence-corrected chi connectivity index (χ4v) is 3.96. The maximum Gasteiger partial charge on any atom is 0.156 e. The Morgan fingerprint density at radius 2 is 1.72 bits per heavy atom. The largest absolute Gasteiger partial charge is 0.354 e. The van der Waals surface area contributed by atoms with Gasteiger partial charge in [0.25, 0.3) is 0 Å². The number of anilines is 3. The van der Waals surface area contributed by atoms with E-state index >= 15 is 0 Å². The van der Waals surface area contributed by atoms with E-state index in [0.717, 1.165) is 54.9 Å². The van der Waals surface area contributed by atoms with Crippen LogP contribution in [0.1, 0.15) is 17.1 Å². The minimum absolute atomic E-state index is 0.670. The van der Waals surface area contributed by atoms with Crippen LogP contribution in [0.25, 0.3) is 22.9 Å². The zero-order chi connectivity index (χ0) is 21.9. The van der Waals surface area contributed by atoms with Gasteiger partial charge >= 0.3 is 0 Å². The minimum Gasteiger partial charge on any atom is -0.354 e. The van der Waals surface area contributed by atoms with Crippen LogP contribution >= 0.6 is 0 Å². The second-order valence-electron chi connectivity index (χ2n) is 8.22. The van der Waals surface area contributed by atoms with Gasteiger partial charge in [-0.25, -0.2) is 9.97 Å². The maximum absolute atomic E-state index is 4.87. The van der Waals surface area contributed by atoms with E-state index in [0.29, 0.717) is 5.82 Å². The van der Waals surface area contributed by atoms with Gasteiger partial charge in [0.15, 0.2) is 11.6 Å². The van der Waals surface area contributed by atoms with E-state index in [4.69, 9.17) is 9.97 Å². The Morgan fingerprint density at radius 1 is 0.906 bits per heavy atom. The molecule has 1 aliphatic rings. The maximum atomic E-state index is 4.87. The van der Waals surface area contributed by atoms with Gasteiger partial charge in [-0.05, 0) is 36.4 Å². The topological polar surface area (TPSA) is 73.0 Å². The van der Waals surface area contributed by atoms with Crippen molar-refractivity contribution in [3.05, 3.63) is 71.7 Å². The summed E-state index contributed by atoms with van der Waals surface area (Å²) in [6, 6.07) is 18.7. The summed E-state index contributed by atoms with van der Waals surface area (Å²) in [4.78, 5) is 14.3. The predicted molar refractivity (Wildman–Crippen MR) is 131 cm³/mol. The molecular formula is C25H27N7. The van der Waals surface area contributed by atoms with Gasteiger partial charge in [0, 0.05) is 44.0 Å². The third-order valence-electron chi connectivity index (χ3n) is 5.75. The van der Waals surface area contributed by atoms with Gasteiger partial charge in [-0.3, -0.25) is 5.10 Å². The minimum atomic E-state index is 0.670. The average molecular weight is 426 g/mol. The Morgan fingerprint density at radius 3 is 2.53 bits per heavy atom. The van der Waals surface area contributed by atoms with Crippen molar-refractivity contribution in [3.63, 3.8) is 0 Å². The molecule has 0 radical (unpaired) electrons. The Bertz CT molecular complexity index is 1250. The van der Waals surface area contributed by atoms with Crippen molar-refractivity contribution in [2.24, 2.45) is 0 Å². The number of nitrogens with one attached hydrogen (secondary N) is 2. The number of aryl methyl sites for hydroxylation is 1. The Labute approximate surface area is 187 Å². The van der Waals surface area contributed by atoms with Gasteiger partial charge in [-0.1, -0.05) is 48.5 Å². The molecule has 1 saturated heterocycles. The molecule has 4 aromatic rings. The normalized spacial score (nSPS) is 15.0. The van der Waals surface area contributed by atoms with Gasteiger partial charge in [-0.2, -0.15) is 5.10 Å². The van der Waals surface area contributed by atoms with E-state index in [1.54, 1.807) is 0 Å². The van der Waals surface area contributed by atoms with Crippen molar-refractivity contribution in [2.45, 2.75) is 6.92 Å². The number of piperazine rings is 1. The van der Waals surface area contributed by atoms with Crippen molar-refractivity contribution in [2.75, 3.05) is 43.4 Å². The molecule has 162 valence electrons. The van der Waals surface area contributed by atoms with Gasteiger partial charge in [0.2, 0.25) is 0 Å². The molecule has 7 heteroatoms. The van der Waals surface area contributed by atoms with Gasteiger partial charge in [0.1, 0.15) is 11.6 Å². The highest BCUT2D eigenvalue weighted by Crippen LogP contribution is 2.23. The zero-order valence-corrected chi connectivity index (χ0v) is 18.4. The van der Waals surface area contributed by atoms with Crippen molar-refractivity contribution >= 4 is 40.4 Å². The lowest BCUT2D eigenvalue weighted by molar-refractivity contribution is 0.312. The summed E-state index contributed by atoms with van der Waals surface area (Å²) >= 11 is 0. The Balaban J connectivity index is 1.49. The zero-order valence-electron chi connectivity index (χ0n) is 18.4. The van der Waals surface area contributed by atoms with Gasteiger partial charge in [0.05, 0.1) is 0 Å². The number of H-pyrrole nitrogens is 1. The van der Waals surface area contributed by atoms with Crippen LogP contribution in [-0.2, 0) is 0 Å². The summed E-state index contributed by atoms with van der Waals surface area (Å²) < 4.78 is 0. The molecule has 0 atom stereocenters. The summed E-state index contributed by atoms with van der Waals surface area (Å²) in [6.45, 7) is 5.91. The van der Waals surface area contributed by atoms with Crippen LogP contribution < -0.4 is 10.2 Å². The molecule has 32 heavy (non-hydrogen) atoms. The number of nitrogens with zero attached hydrogens (tertiary/aromatic N) is 5. The lowest BCUT2D eigenvalue weighted by Gasteiger charge is -2.33. The third-order valence-corrected chi connectivity index (χ3v) is 5.75. The molecule has 1 fully saturated rings. The van der Waals surface area contributed by atoms with Crippen LogP contribution in [0.3, 0.4) is 0 Å². The van der Waals surface area contributed by atoms with Crippen LogP contribution in [0, 0.1) is 6.92 Å². The summed E-state index contributed by atoms with van der Waals surface area (Å²) in [7, 11) is 2.16. The number of likely N-dealkylation sites (N-methyl/N-ethyl adjacent to an activating group) is 1. The number of aromatic amines is 1. The molecule has 0 unspecified atom stereocenters. The molecule has 2 aromatic heterocycles. The van der Waals surface area contributed by atoms with Crippen molar-refractivity contribution in [1.82, 2.24) is 25.1 Å². The first-order chi connectivity index (χ1) is 15.6. The number of rotatable bonds is 5. The van der Waals surface area contributed by atoms with E-state index in [9.17, 15) is 0 Å². The first-order valence-electron chi connectivity index (χ1n) is 10.9. The molecular weight excluding hydrogens is 398 g/mol. The van der Waals surface area contributed by atoms with Crippen LogP contribution in [0.15, 0.2) is 54.6 Å². The SMILES string of the molecule is Cc1cc(Nc2cc(N3CCN(C)CC3)nc(/C=C/c3cccc4ccccc34)n2)n[nH]1. The van der Waals surface area contributed by atoms with Crippen LogP contribution in [0.2, 0.25) is 0 Å². The van der Waals surface area contributed by atoms with Crippen LogP contribution in [-0.4, -0.2) is 58.3 Å². The van der Waals surface area contributed by atoms with Crippen molar-refractivity contribution in [1.29, 1.82) is 0 Å². The van der Waals surface area contributed by atoms with E-state index in [-0.39, 0.29) is 0 Å². The molecule has 2 aromatic carbocycles. The smallest absolute Gasteiger partial charge is 0.156 e. The van der Waals surface area contributed by atoms with E-state index < -0.39 is 0 Å². The first kappa shape index (κ1) is 20.2. The fourth-order valence-electron chi connectivity index (χ4n) is 3.96. The van der Waals surface area contributed by atoms with E-state index in [1.165, 1.54) is 10.8 Å². The number of fused-ring (bicyclic) bond motifs is 1. The second-order valence-corrected chi connectivity index (χ2v) is 8.22. The number of aromatic nitrogens is 4. The quantitative estimate of drug-likeness (QED) is 0.496. The molecule has 0 saturated carbocycles. The second kappa shape index (κ2) is 8.80. The molecule has 0 spiro atoms. The lowest BCUT2D eigenvalue weighted by atomic mass is 10.0. The molecule has 0 bridgehead atoms. The monoisotopic (exact) mass is 425 g/mol. The lowest BCUT2D eigenvalue weighted by Crippen LogP contribution is -2.44. The summed E-state index contributed by atoms with van der Waals surface area (Å²) in [5.74, 6) is 3.08. The van der Waals surface area contributed by atoms with Crippen LogP contribution in [0.5, 0.6) is 0 Å². The molecule has 7 nitrogen and oxygen atoms in total. The third kappa shape index (κ3) is 4.48. The number of hydrogen-bond acceptors (Lipinski definition) is 6. The molecule has 5 rings (SSSR count). The highest BCUT2D eigenvalue weighted by molar-refractivity contribution is 5.92. The average Bonchev–Trinajstić information content (AvgIpc) is 3.22. The highest BCUT2D eigenvalue weighted by Gasteiger charge is 2.17. The molecule has 3 heterocycles. The summed E-state index contributed by atoms with van der Waals surface area (Å²) in [6.07, 6.45) is 4.08. The standard InChI is InChI=1S/C25H27N7/c1-18-16-24(30-29-18)27-23-17-25(32-14-12-31(2)13-15-32)28-22(26-23)11-10-20-8-5-7-19-6-3-4-9-21(19)20/h3-11,16-17H,12-15H2,1-2H3,(H2,26,27,28,29,30)/b11-10+. The Hall–Kier alpha value is -3.71. The van der Waals surface area contributed by atoms with Crippen molar-refractivity contribution < 1.29 is 0 Å². The summed E-state index contributed by atoms with van der Waals surface area (Å²) in [5, 5.41) is 13.0. The molecule has 0 aliphatic carbocycles. The van der Waals surface area contributed by atoms with Gasteiger partial charge < -0.3 is 15.1 Å². The van der Waals surface area contributed by atoms with Crippen LogP contribution in [0.4, 0.5) is 17.5 Å². The highest BCUT2D eigenvalue weighted by atomic mass is 15.3. The number of benzene rings is 2. The number of hydrogen-bond donors (Lipinski definition) is 2. The molecule has 1 aliphatic heterocycles.